The average Bonchev–Trinajstić information content (AvgIpc) is 2.67. The predicted octanol–water partition coefficient (Wildman–Crippen LogP) is 2.17. The third kappa shape index (κ3) is 4.63. The third-order valence-corrected chi connectivity index (χ3v) is 4.33. The maximum Gasteiger partial charge on any atom is 0.252 e. The zero-order valence-corrected chi connectivity index (χ0v) is 16.1. The van der Waals surface area contributed by atoms with E-state index in [1.54, 1.807) is 0 Å². The summed E-state index contributed by atoms with van der Waals surface area (Å²) >= 11 is 0. The minimum absolute atomic E-state index is 0.0676. The van der Waals surface area contributed by atoms with Gasteiger partial charge in [0.1, 0.15) is 5.75 Å². The Labute approximate surface area is 160 Å². The van der Waals surface area contributed by atoms with Crippen LogP contribution in [0.5, 0.6) is 5.75 Å². The minimum Gasteiger partial charge on any atom is -0.494 e. The van der Waals surface area contributed by atoms with Crippen LogP contribution in [-0.4, -0.2) is 44.7 Å². The van der Waals surface area contributed by atoms with E-state index in [0.29, 0.717) is 18.7 Å². The van der Waals surface area contributed by atoms with Gasteiger partial charge in [-0.1, -0.05) is 18.2 Å². The summed E-state index contributed by atoms with van der Waals surface area (Å²) in [5, 5.41) is 3.88. The molecule has 0 fully saturated rings. The Morgan fingerprint density at radius 1 is 1.11 bits per heavy atom. The second-order valence-electron chi connectivity index (χ2n) is 6.74. The zero-order chi connectivity index (χ0) is 19.2. The van der Waals surface area contributed by atoms with Crippen LogP contribution in [0.1, 0.15) is 17.3 Å². The number of fused-ring (bicyclic) bond motifs is 1. The highest BCUT2D eigenvalue weighted by Crippen LogP contribution is 2.26. The molecular formula is C22H26N3O2+. The number of ether oxygens (including phenoxy) is 1. The molecule has 0 spiro atoms. The van der Waals surface area contributed by atoms with Crippen LogP contribution >= 0.6 is 0 Å². The highest BCUT2D eigenvalue weighted by atomic mass is 16.5. The van der Waals surface area contributed by atoms with Gasteiger partial charge in [-0.15, -0.1) is 0 Å². The second-order valence-corrected chi connectivity index (χ2v) is 6.74. The molecule has 1 heterocycles. The molecule has 1 amide bonds. The fourth-order valence-electron chi connectivity index (χ4n) is 2.92. The molecule has 0 saturated heterocycles. The summed E-state index contributed by atoms with van der Waals surface area (Å²) in [7, 11) is 4.13. The highest BCUT2D eigenvalue weighted by molar-refractivity contribution is 6.07. The smallest absolute Gasteiger partial charge is 0.252 e. The summed E-state index contributed by atoms with van der Waals surface area (Å²) in [5.74, 6) is 0.758. The van der Waals surface area contributed by atoms with Crippen LogP contribution in [0.25, 0.3) is 22.2 Å². The number of nitrogens with one attached hydrogen (secondary N) is 2. The molecular weight excluding hydrogens is 338 g/mol. The number of aromatic nitrogens is 1. The Kier molecular flexibility index (Phi) is 6.04. The van der Waals surface area contributed by atoms with Crippen molar-refractivity contribution in [1.29, 1.82) is 0 Å². The molecule has 5 nitrogen and oxygen atoms in total. The van der Waals surface area contributed by atoms with Crippen molar-refractivity contribution in [2.45, 2.75) is 6.92 Å². The summed E-state index contributed by atoms with van der Waals surface area (Å²) in [4.78, 5) is 18.8. The molecule has 0 aliphatic carbocycles. The Balaban J connectivity index is 1.96. The fourth-order valence-corrected chi connectivity index (χ4v) is 2.92. The molecule has 0 aliphatic rings. The first-order valence-electron chi connectivity index (χ1n) is 9.28. The molecule has 3 aromatic rings. The lowest BCUT2D eigenvalue weighted by molar-refractivity contribution is -0.856. The summed E-state index contributed by atoms with van der Waals surface area (Å²) in [6.45, 7) is 4.10. The van der Waals surface area contributed by atoms with Crippen LogP contribution in [0.3, 0.4) is 0 Å². The lowest BCUT2D eigenvalue weighted by Crippen LogP contribution is -3.06. The number of rotatable bonds is 7. The fraction of sp³-hybridized carbons (Fsp3) is 0.273. The summed E-state index contributed by atoms with van der Waals surface area (Å²) in [6, 6.07) is 17.4. The van der Waals surface area contributed by atoms with E-state index in [9.17, 15) is 4.79 Å². The molecule has 0 atom stereocenters. The maximum atomic E-state index is 12.8. The van der Waals surface area contributed by atoms with Crippen LogP contribution < -0.4 is 15.0 Å². The Bertz CT molecular complexity index is 920. The monoisotopic (exact) mass is 364 g/mol. The topological polar surface area (TPSA) is 55.7 Å². The van der Waals surface area contributed by atoms with Crippen molar-refractivity contribution in [2.24, 2.45) is 0 Å². The third-order valence-electron chi connectivity index (χ3n) is 4.33. The molecule has 0 aliphatic heterocycles. The standard InChI is InChI=1S/C22H25N3O2/c1-4-27-17-11-9-16(10-12-17)21-15-19(22(26)23-13-14-25(2)3)18-7-5-6-8-20(18)24-21/h5-12,15H,4,13-14H2,1-3H3,(H,23,26)/p+1. The number of quaternary nitrogens is 1. The Morgan fingerprint density at radius 3 is 2.56 bits per heavy atom. The van der Waals surface area contributed by atoms with Gasteiger partial charge in [0.15, 0.2) is 0 Å². The number of carbonyl (C=O) groups is 1. The van der Waals surface area contributed by atoms with Gasteiger partial charge in [0.05, 0.1) is 50.6 Å². The van der Waals surface area contributed by atoms with Gasteiger partial charge in [0.2, 0.25) is 0 Å². The molecule has 2 aromatic carbocycles. The number of benzene rings is 2. The van der Waals surface area contributed by atoms with Gasteiger partial charge in [0.25, 0.3) is 5.91 Å². The van der Waals surface area contributed by atoms with Crippen LogP contribution in [-0.2, 0) is 0 Å². The van der Waals surface area contributed by atoms with Crippen molar-refractivity contribution >= 4 is 16.8 Å². The van der Waals surface area contributed by atoms with E-state index >= 15 is 0 Å². The number of likely N-dealkylation sites (N-methyl/N-ethyl adjacent to an activating group) is 1. The Morgan fingerprint density at radius 2 is 1.85 bits per heavy atom. The number of hydrogen-bond donors (Lipinski definition) is 2. The molecule has 0 unspecified atom stereocenters. The van der Waals surface area contributed by atoms with Crippen molar-refractivity contribution in [3.8, 4) is 17.0 Å². The van der Waals surface area contributed by atoms with Gasteiger partial charge in [-0.3, -0.25) is 4.79 Å². The van der Waals surface area contributed by atoms with Crippen LogP contribution in [0.4, 0.5) is 0 Å². The number of carbonyl (C=O) groups excluding carboxylic acids is 1. The predicted molar refractivity (Wildman–Crippen MR) is 108 cm³/mol. The van der Waals surface area contributed by atoms with Crippen molar-refractivity contribution in [3.05, 3.63) is 60.2 Å². The quantitative estimate of drug-likeness (QED) is 0.676. The van der Waals surface area contributed by atoms with E-state index in [0.717, 1.165) is 34.5 Å². The lowest BCUT2D eigenvalue weighted by atomic mass is 10.0. The van der Waals surface area contributed by atoms with E-state index in [1.807, 2.05) is 61.5 Å². The van der Waals surface area contributed by atoms with E-state index in [1.165, 1.54) is 4.90 Å². The number of nitrogens with zero attached hydrogens (tertiary/aromatic N) is 1. The average molecular weight is 364 g/mol. The molecule has 0 saturated carbocycles. The van der Waals surface area contributed by atoms with Crippen molar-refractivity contribution in [1.82, 2.24) is 10.3 Å². The maximum absolute atomic E-state index is 12.8. The zero-order valence-electron chi connectivity index (χ0n) is 16.1. The summed E-state index contributed by atoms with van der Waals surface area (Å²) in [6.07, 6.45) is 0. The van der Waals surface area contributed by atoms with Gasteiger partial charge in [-0.05, 0) is 43.3 Å². The molecule has 0 radical (unpaired) electrons. The van der Waals surface area contributed by atoms with Crippen LogP contribution in [0, 0.1) is 0 Å². The van der Waals surface area contributed by atoms with Gasteiger partial charge in [-0.25, -0.2) is 4.98 Å². The first-order chi connectivity index (χ1) is 13.1. The molecule has 27 heavy (non-hydrogen) atoms. The highest BCUT2D eigenvalue weighted by Gasteiger charge is 2.14. The first kappa shape index (κ1) is 18.9. The van der Waals surface area contributed by atoms with E-state index < -0.39 is 0 Å². The lowest BCUT2D eigenvalue weighted by Gasteiger charge is -2.12. The molecule has 2 N–H and O–H groups in total. The van der Waals surface area contributed by atoms with Crippen LogP contribution in [0.15, 0.2) is 54.6 Å². The number of para-hydroxylation sites is 1. The van der Waals surface area contributed by atoms with Crippen molar-refractivity contribution in [2.75, 3.05) is 33.8 Å². The molecule has 0 bridgehead atoms. The Hall–Kier alpha value is -2.92. The molecule has 3 rings (SSSR count). The number of hydrogen-bond acceptors (Lipinski definition) is 3. The summed E-state index contributed by atoms with van der Waals surface area (Å²) < 4.78 is 5.51. The van der Waals surface area contributed by atoms with E-state index in [2.05, 4.69) is 19.4 Å². The normalized spacial score (nSPS) is 11.0. The van der Waals surface area contributed by atoms with E-state index in [-0.39, 0.29) is 5.91 Å². The van der Waals surface area contributed by atoms with Gasteiger partial charge < -0.3 is 15.0 Å². The van der Waals surface area contributed by atoms with Gasteiger partial charge >= 0.3 is 0 Å². The van der Waals surface area contributed by atoms with Crippen molar-refractivity contribution in [3.63, 3.8) is 0 Å². The molecule has 5 heteroatoms. The van der Waals surface area contributed by atoms with E-state index in [4.69, 9.17) is 9.72 Å². The number of amides is 1. The molecule has 1 aromatic heterocycles. The molecule has 140 valence electrons. The van der Waals surface area contributed by atoms with Crippen LogP contribution in [0.2, 0.25) is 0 Å². The largest absolute Gasteiger partial charge is 0.494 e. The van der Waals surface area contributed by atoms with Gasteiger partial charge in [0, 0.05) is 10.9 Å². The second kappa shape index (κ2) is 8.64. The minimum atomic E-state index is -0.0676. The SMILES string of the molecule is CCOc1ccc(-c2cc(C(=O)NCC[NH+](C)C)c3ccccc3n2)cc1. The number of pyridine rings is 1. The summed E-state index contributed by atoms with van der Waals surface area (Å²) in [5.41, 5.74) is 3.20. The van der Waals surface area contributed by atoms with Gasteiger partial charge in [-0.2, -0.15) is 0 Å². The first-order valence-corrected chi connectivity index (χ1v) is 9.28. The van der Waals surface area contributed by atoms with Crippen molar-refractivity contribution < 1.29 is 14.4 Å².